The van der Waals surface area contributed by atoms with Crippen LogP contribution in [-0.4, -0.2) is 10.1 Å². The Kier molecular flexibility index (Phi) is 3.86. The molecule has 17 heavy (non-hydrogen) atoms. The highest BCUT2D eigenvalue weighted by atomic mass is 79.9. The first-order valence-corrected chi connectivity index (χ1v) is 6.48. The van der Waals surface area contributed by atoms with E-state index in [1.807, 2.05) is 6.07 Å². The minimum Gasteiger partial charge on any atom is -0.450 e. The molecule has 0 aliphatic heterocycles. The third-order valence-corrected chi connectivity index (χ3v) is 3.98. The van der Waals surface area contributed by atoms with Crippen molar-refractivity contribution in [2.24, 2.45) is 0 Å². The molecule has 1 atom stereocenters. The third kappa shape index (κ3) is 3.08. The lowest BCUT2D eigenvalue weighted by Crippen LogP contribution is -2.01. The van der Waals surface area contributed by atoms with Gasteiger partial charge in [-0.15, -0.1) is 0 Å². The summed E-state index contributed by atoms with van der Waals surface area (Å²) in [7, 11) is 0. The van der Waals surface area contributed by atoms with Gasteiger partial charge in [-0.1, -0.05) is 0 Å². The Hall–Kier alpha value is -0.850. The van der Waals surface area contributed by atoms with Crippen LogP contribution in [0.1, 0.15) is 17.4 Å². The van der Waals surface area contributed by atoms with Gasteiger partial charge in [-0.3, -0.25) is 0 Å². The summed E-state index contributed by atoms with van der Waals surface area (Å²) in [4.78, 5) is 3.90. The SMILES string of the molecule is Nc1cc(CC(O)c2cc(Br)c(Br)o2)ccn1. The molecule has 1 unspecified atom stereocenters. The Bertz CT molecular complexity index is 508. The van der Waals surface area contributed by atoms with Crippen LogP contribution in [0.5, 0.6) is 0 Å². The monoisotopic (exact) mass is 360 g/mol. The van der Waals surface area contributed by atoms with Crippen molar-refractivity contribution in [2.45, 2.75) is 12.5 Å². The molecule has 0 saturated heterocycles. The second-order valence-corrected chi connectivity index (χ2v) is 5.15. The summed E-state index contributed by atoms with van der Waals surface area (Å²) in [6, 6.07) is 5.28. The number of nitrogens with two attached hydrogens (primary N) is 1. The van der Waals surface area contributed by atoms with E-state index < -0.39 is 6.10 Å². The largest absolute Gasteiger partial charge is 0.450 e. The Morgan fingerprint density at radius 3 is 2.76 bits per heavy atom. The number of rotatable bonds is 3. The number of aliphatic hydroxyl groups excluding tert-OH is 1. The zero-order valence-electron chi connectivity index (χ0n) is 8.73. The molecule has 6 heteroatoms. The predicted octanol–water partition coefficient (Wildman–Crippen LogP) is 3.06. The molecule has 0 fully saturated rings. The summed E-state index contributed by atoms with van der Waals surface area (Å²) in [5, 5.41) is 10.0. The lowest BCUT2D eigenvalue weighted by molar-refractivity contribution is 0.149. The molecule has 90 valence electrons. The van der Waals surface area contributed by atoms with Crippen LogP contribution in [0.3, 0.4) is 0 Å². The summed E-state index contributed by atoms with van der Waals surface area (Å²) < 4.78 is 6.70. The highest BCUT2D eigenvalue weighted by Crippen LogP contribution is 2.31. The fraction of sp³-hybridized carbons (Fsp3) is 0.182. The molecule has 0 radical (unpaired) electrons. The highest BCUT2D eigenvalue weighted by Gasteiger charge is 2.15. The maximum Gasteiger partial charge on any atom is 0.183 e. The number of aromatic nitrogens is 1. The van der Waals surface area contributed by atoms with Gasteiger partial charge >= 0.3 is 0 Å². The van der Waals surface area contributed by atoms with E-state index in [1.165, 1.54) is 0 Å². The average molecular weight is 362 g/mol. The third-order valence-electron chi connectivity index (χ3n) is 2.27. The van der Waals surface area contributed by atoms with E-state index in [0.29, 0.717) is 22.7 Å². The first-order chi connectivity index (χ1) is 8.06. The van der Waals surface area contributed by atoms with Crippen molar-refractivity contribution < 1.29 is 9.52 Å². The molecule has 0 saturated carbocycles. The molecule has 2 aromatic rings. The van der Waals surface area contributed by atoms with Crippen LogP contribution in [0.25, 0.3) is 0 Å². The number of anilines is 1. The quantitative estimate of drug-likeness (QED) is 0.881. The van der Waals surface area contributed by atoms with Crippen LogP contribution in [0.4, 0.5) is 5.82 Å². The molecule has 4 nitrogen and oxygen atoms in total. The number of hydrogen-bond donors (Lipinski definition) is 2. The number of pyridine rings is 1. The van der Waals surface area contributed by atoms with Crippen LogP contribution < -0.4 is 5.73 Å². The maximum atomic E-state index is 10.0. The fourth-order valence-electron chi connectivity index (χ4n) is 1.47. The van der Waals surface area contributed by atoms with Gasteiger partial charge < -0.3 is 15.3 Å². The van der Waals surface area contributed by atoms with E-state index in [1.54, 1.807) is 18.3 Å². The van der Waals surface area contributed by atoms with E-state index in [2.05, 4.69) is 36.8 Å². The van der Waals surface area contributed by atoms with Crippen molar-refractivity contribution in [2.75, 3.05) is 5.73 Å². The Balaban J connectivity index is 2.14. The lowest BCUT2D eigenvalue weighted by Gasteiger charge is -2.07. The van der Waals surface area contributed by atoms with Gasteiger partial charge in [0.15, 0.2) is 4.67 Å². The minimum atomic E-state index is -0.709. The van der Waals surface area contributed by atoms with Crippen molar-refractivity contribution in [1.82, 2.24) is 4.98 Å². The molecule has 2 aromatic heterocycles. The average Bonchev–Trinajstić information content (AvgIpc) is 2.59. The van der Waals surface area contributed by atoms with Gasteiger partial charge in [-0.05, 0) is 55.6 Å². The number of hydrogen-bond acceptors (Lipinski definition) is 4. The molecule has 0 aliphatic rings. The van der Waals surface area contributed by atoms with Crippen molar-refractivity contribution in [3.63, 3.8) is 0 Å². The highest BCUT2D eigenvalue weighted by molar-refractivity contribution is 9.13. The molecule has 0 bridgehead atoms. The number of furan rings is 1. The first kappa shape index (κ1) is 12.6. The summed E-state index contributed by atoms with van der Waals surface area (Å²) in [6.45, 7) is 0. The van der Waals surface area contributed by atoms with Gasteiger partial charge in [-0.25, -0.2) is 4.98 Å². The Labute approximate surface area is 115 Å². The topological polar surface area (TPSA) is 72.3 Å². The molecule has 2 rings (SSSR count). The normalized spacial score (nSPS) is 12.6. The molecule has 0 aromatic carbocycles. The standard InChI is InChI=1S/C11H10Br2N2O2/c12-7-5-9(17-11(7)13)8(16)3-6-1-2-15-10(14)4-6/h1-2,4-5,8,16H,3H2,(H2,14,15). The van der Waals surface area contributed by atoms with Crippen molar-refractivity contribution in [1.29, 1.82) is 0 Å². The zero-order valence-corrected chi connectivity index (χ0v) is 11.9. The summed E-state index contributed by atoms with van der Waals surface area (Å²) >= 11 is 6.53. The van der Waals surface area contributed by atoms with Crippen LogP contribution in [0, 0.1) is 0 Å². The van der Waals surface area contributed by atoms with Crippen LogP contribution in [0.15, 0.2) is 38.0 Å². The maximum absolute atomic E-state index is 10.0. The van der Waals surface area contributed by atoms with Crippen molar-refractivity contribution in [3.8, 4) is 0 Å². The summed E-state index contributed by atoms with van der Waals surface area (Å²) in [5.74, 6) is 0.940. The molecule has 2 heterocycles. The van der Waals surface area contributed by atoms with Gasteiger partial charge in [0.1, 0.15) is 17.7 Å². The Morgan fingerprint density at radius 2 is 2.18 bits per heavy atom. The fourth-order valence-corrected chi connectivity index (χ4v) is 2.08. The van der Waals surface area contributed by atoms with E-state index in [4.69, 9.17) is 10.2 Å². The number of nitrogen functional groups attached to an aromatic ring is 1. The smallest absolute Gasteiger partial charge is 0.183 e. The minimum absolute atomic E-state index is 0.430. The van der Waals surface area contributed by atoms with E-state index in [-0.39, 0.29) is 0 Å². The molecule has 3 N–H and O–H groups in total. The number of aliphatic hydroxyl groups is 1. The molecular weight excluding hydrogens is 352 g/mol. The van der Waals surface area contributed by atoms with Gasteiger partial charge in [0, 0.05) is 12.6 Å². The second-order valence-electron chi connectivity index (χ2n) is 3.58. The molecular formula is C11H10Br2N2O2. The van der Waals surface area contributed by atoms with Crippen molar-refractivity contribution >= 4 is 37.7 Å². The molecule has 0 spiro atoms. The van der Waals surface area contributed by atoms with E-state index in [9.17, 15) is 5.11 Å². The van der Waals surface area contributed by atoms with E-state index >= 15 is 0 Å². The summed E-state index contributed by atoms with van der Waals surface area (Å²) in [6.07, 6.45) is 1.34. The number of nitrogens with zero attached hydrogens (tertiary/aromatic N) is 1. The number of halogens is 2. The van der Waals surface area contributed by atoms with Gasteiger partial charge in [-0.2, -0.15) is 0 Å². The zero-order chi connectivity index (χ0) is 12.4. The first-order valence-electron chi connectivity index (χ1n) is 4.89. The molecule has 0 amide bonds. The van der Waals surface area contributed by atoms with Crippen LogP contribution in [-0.2, 0) is 6.42 Å². The predicted molar refractivity (Wildman–Crippen MR) is 71.4 cm³/mol. The summed E-state index contributed by atoms with van der Waals surface area (Å²) in [5.41, 5.74) is 6.48. The van der Waals surface area contributed by atoms with Gasteiger partial charge in [0.2, 0.25) is 0 Å². The lowest BCUT2D eigenvalue weighted by atomic mass is 10.1. The van der Waals surface area contributed by atoms with Gasteiger partial charge in [0.05, 0.1) is 4.47 Å². The van der Waals surface area contributed by atoms with Crippen LogP contribution in [0.2, 0.25) is 0 Å². The Morgan fingerprint density at radius 1 is 1.41 bits per heavy atom. The van der Waals surface area contributed by atoms with Gasteiger partial charge in [0.25, 0.3) is 0 Å². The second kappa shape index (κ2) is 5.20. The van der Waals surface area contributed by atoms with Crippen LogP contribution >= 0.6 is 31.9 Å². The van der Waals surface area contributed by atoms with Crippen molar-refractivity contribution in [3.05, 3.63) is 44.9 Å². The van der Waals surface area contributed by atoms with E-state index in [0.717, 1.165) is 10.0 Å². The molecule has 0 aliphatic carbocycles.